The zero-order valence-corrected chi connectivity index (χ0v) is 18.6. The normalized spacial score (nSPS) is 25.1. The van der Waals surface area contributed by atoms with Gasteiger partial charge in [-0.3, -0.25) is 14.4 Å². The van der Waals surface area contributed by atoms with Crippen molar-refractivity contribution in [3.05, 3.63) is 11.3 Å². The van der Waals surface area contributed by atoms with Crippen LogP contribution in [0.25, 0.3) is 0 Å². The lowest BCUT2D eigenvalue weighted by atomic mass is 9.60. The number of carbonyl (C=O) groups excluding carboxylic acids is 3. The zero-order valence-electron chi connectivity index (χ0n) is 18.6. The minimum absolute atomic E-state index is 0.0564. The molecule has 0 bridgehead atoms. The highest BCUT2D eigenvalue weighted by atomic mass is 16.3. The molecule has 0 spiro atoms. The molecule has 0 aliphatic heterocycles. The zero-order chi connectivity index (χ0) is 21.3. The third kappa shape index (κ3) is 4.93. The predicted octanol–water partition coefficient (Wildman–Crippen LogP) is 5.59. The number of Topliss-reactive ketones (excluding diaryl/α,β-unsaturated/α-hetero) is 3. The lowest BCUT2D eigenvalue weighted by molar-refractivity contribution is -0.142. The molecule has 1 saturated carbocycles. The number of aliphatic hydroxyl groups excluding tert-OH is 1. The lowest BCUT2D eigenvalue weighted by Crippen LogP contribution is -2.46. The quantitative estimate of drug-likeness (QED) is 0.575. The Labute approximate surface area is 170 Å². The van der Waals surface area contributed by atoms with Gasteiger partial charge in [0, 0.05) is 37.2 Å². The molecule has 4 nitrogen and oxygen atoms in total. The molecule has 158 valence electrons. The molecular formula is C24H38O4. The van der Waals surface area contributed by atoms with E-state index in [1.807, 2.05) is 27.7 Å². The summed E-state index contributed by atoms with van der Waals surface area (Å²) in [6, 6.07) is 0. The van der Waals surface area contributed by atoms with Crippen LogP contribution in [0, 0.1) is 28.6 Å². The van der Waals surface area contributed by atoms with Crippen LogP contribution in [0.15, 0.2) is 11.3 Å². The number of hydrogen-bond donors (Lipinski definition) is 1. The molecule has 0 amide bonds. The van der Waals surface area contributed by atoms with E-state index in [4.69, 9.17) is 0 Å². The minimum atomic E-state index is -0.780. The SMILES string of the molecule is CCCCC(CC)C(C1=C(O)CC(C)(C)CC1=O)C1C(=O)CC(C)(C)CC1=O. The summed E-state index contributed by atoms with van der Waals surface area (Å²) in [6.07, 6.45) is 5.17. The Morgan fingerprint density at radius 2 is 1.46 bits per heavy atom. The number of rotatable bonds is 7. The molecule has 2 aliphatic carbocycles. The molecule has 0 aromatic heterocycles. The molecular weight excluding hydrogens is 352 g/mol. The van der Waals surface area contributed by atoms with Gasteiger partial charge in [-0.2, -0.15) is 0 Å². The Morgan fingerprint density at radius 3 is 1.93 bits per heavy atom. The Morgan fingerprint density at radius 1 is 0.929 bits per heavy atom. The van der Waals surface area contributed by atoms with Crippen LogP contribution in [-0.4, -0.2) is 22.5 Å². The second kappa shape index (κ2) is 8.51. The van der Waals surface area contributed by atoms with Crippen molar-refractivity contribution in [2.75, 3.05) is 0 Å². The lowest BCUT2D eigenvalue weighted by Gasteiger charge is -2.41. The molecule has 2 rings (SSSR count). The first-order valence-electron chi connectivity index (χ1n) is 10.9. The summed E-state index contributed by atoms with van der Waals surface area (Å²) in [4.78, 5) is 39.3. The molecule has 1 fully saturated rings. The van der Waals surface area contributed by atoms with Crippen LogP contribution in [0.2, 0.25) is 0 Å². The molecule has 0 aromatic carbocycles. The number of ketones is 3. The Kier molecular flexibility index (Phi) is 6.94. The van der Waals surface area contributed by atoms with E-state index in [0.717, 1.165) is 25.7 Å². The highest BCUT2D eigenvalue weighted by Gasteiger charge is 2.49. The minimum Gasteiger partial charge on any atom is -0.512 e. The van der Waals surface area contributed by atoms with Crippen LogP contribution in [0.5, 0.6) is 0 Å². The van der Waals surface area contributed by atoms with E-state index in [1.165, 1.54) is 0 Å². The van der Waals surface area contributed by atoms with Gasteiger partial charge in [0.15, 0.2) is 5.78 Å². The molecule has 4 heteroatoms. The average molecular weight is 391 g/mol. The fourth-order valence-corrected chi connectivity index (χ4v) is 5.26. The molecule has 1 N–H and O–H groups in total. The van der Waals surface area contributed by atoms with E-state index >= 15 is 0 Å². The fourth-order valence-electron chi connectivity index (χ4n) is 5.26. The smallest absolute Gasteiger partial charge is 0.163 e. The number of aliphatic hydroxyl groups is 1. The third-order valence-corrected chi connectivity index (χ3v) is 6.55. The van der Waals surface area contributed by atoms with Crippen LogP contribution >= 0.6 is 0 Å². The van der Waals surface area contributed by atoms with E-state index in [0.29, 0.717) is 31.3 Å². The van der Waals surface area contributed by atoms with Crippen LogP contribution < -0.4 is 0 Å². The van der Waals surface area contributed by atoms with Gasteiger partial charge in [0.25, 0.3) is 0 Å². The number of unbranched alkanes of at least 4 members (excludes halogenated alkanes) is 1. The number of hydrogen-bond acceptors (Lipinski definition) is 4. The first kappa shape index (κ1) is 22.8. The van der Waals surface area contributed by atoms with E-state index < -0.39 is 11.8 Å². The first-order chi connectivity index (χ1) is 12.9. The molecule has 0 aromatic rings. The van der Waals surface area contributed by atoms with E-state index in [9.17, 15) is 19.5 Å². The Bertz CT molecular complexity index is 648. The summed E-state index contributed by atoms with van der Waals surface area (Å²) in [7, 11) is 0. The van der Waals surface area contributed by atoms with Gasteiger partial charge in [-0.25, -0.2) is 0 Å². The maximum absolute atomic E-state index is 13.1. The highest BCUT2D eigenvalue weighted by Crippen LogP contribution is 2.47. The van der Waals surface area contributed by atoms with Crippen LogP contribution in [-0.2, 0) is 14.4 Å². The number of carbonyl (C=O) groups is 3. The summed E-state index contributed by atoms with van der Waals surface area (Å²) in [5, 5.41) is 10.9. The average Bonchev–Trinajstić information content (AvgIpc) is 2.51. The fraction of sp³-hybridized carbons (Fsp3) is 0.792. The van der Waals surface area contributed by atoms with Crippen molar-refractivity contribution >= 4 is 17.3 Å². The maximum atomic E-state index is 13.1. The molecule has 28 heavy (non-hydrogen) atoms. The first-order valence-corrected chi connectivity index (χ1v) is 10.9. The van der Waals surface area contributed by atoms with Crippen molar-refractivity contribution < 1.29 is 19.5 Å². The predicted molar refractivity (Wildman–Crippen MR) is 111 cm³/mol. The third-order valence-electron chi connectivity index (χ3n) is 6.55. The van der Waals surface area contributed by atoms with Gasteiger partial charge < -0.3 is 5.11 Å². The molecule has 2 unspecified atom stereocenters. The molecule has 0 heterocycles. The van der Waals surface area contributed by atoms with Gasteiger partial charge >= 0.3 is 0 Å². The van der Waals surface area contributed by atoms with E-state index in [2.05, 4.69) is 13.8 Å². The maximum Gasteiger partial charge on any atom is 0.163 e. The monoisotopic (exact) mass is 390 g/mol. The van der Waals surface area contributed by atoms with Crippen molar-refractivity contribution in [2.45, 2.75) is 92.9 Å². The van der Waals surface area contributed by atoms with Gasteiger partial charge in [-0.15, -0.1) is 0 Å². The van der Waals surface area contributed by atoms with Crippen LogP contribution in [0.1, 0.15) is 92.9 Å². The van der Waals surface area contributed by atoms with Crippen LogP contribution in [0.4, 0.5) is 0 Å². The van der Waals surface area contributed by atoms with E-state index in [1.54, 1.807) is 0 Å². The number of allylic oxidation sites excluding steroid dienone is 2. The molecule has 2 atom stereocenters. The summed E-state index contributed by atoms with van der Waals surface area (Å²) in [5.74, 6) is -1.29. The van der Waals surface area contributed by atoms with Gasteiger partial charge in [-0.1, -0.05) is 60.8 Å². The van der Waals surface area contributed by atoms with Gasteiger partial charge in [0.2, 0.25) is 0 Å². The Hall–Kier alpha value is -1.45. The highest BCUT2D eigenvalue weighted by molar-refractivity contribution is 6.08. The van der Waals surface area contributed by atoms with E-state index in [-0.39, 0.29) is 39.9 Å². The standard InChI is InChI=1S/C24H38O4/c1-7-9-10-15(8-2)20(21-16(25)11-23(3,4)12-17(21)26)22-18(27)13-24(5,6)14-19(22)28/h15,20-21,27H,7-14H2,1-6H3. The Balaban J connectivity index is 2.53. The van der Waals surface area contributed by atoms with Crippen molar-refractivity contribution in [1.82, 2.24) is 0 Å². The topological polar surface area (TPSA) is 71.4 Å². The second-order valence-corrected chi connectivity index (χ2v) is 10.6. The van der Waals surface area contributed by atoms with Crippen LogP contribution in [0.3, 0.4) is 0 Å². The van der Waals surface area contributed by atoms with Crippen molar-refractivity contribution in [3.8, 4) is 0 Å². The van der Waals surface area contributed by atoms with Crippen molar-refractivity contribution in [2.24, 2.45) is 28.6 Å². The summed E-state index contributed by atoms with van der Waals surface area (Å²) in [6.45, 7) is 12.0. The summed E-state index contributed by atoms with van der Waals surface area (Å²) < 4.78 is 0. The van der Waals surface area contributed by atoms with Crippen molar-refractivity contribution in [1.29, 1.82) is 0 Å². The van der Waals surface area contributed by atoms with Gasteiger partial charge in [0.05, 0.1) is 11.7 Å². The molecule has 2 aliphatic rings. The van der Waals surface area contributed by atoms with Crippen molar-refractivity contribution in [3.63, 3.8) is 0 Å². The second-order valence-electron chi connectivity index (χ2n) is 10.6. The summed E-state index contributed by atoms with van der Waals surface area (Å²) in [5.41, 5.74) is -0.230. The molecule has 0 saturated heterocycles. The van der Waals surface area contributed by atoms with Gasteiger partial charge in [-0.05, 0) is 23.2 Å². The largest absolute Gasteiger partial charge is 0.512 e. The molecule has 0 radical (unpaired) electrons. The van der Waals surface area contributed by atoms with Gasteiger partial charge in [0.1, 0.15) is 11.6 Å². The summed E-state index contributed by atoms with van der Waals surface area (Å²) >= 11 is 0.